The Morgan fingerprint density at radius 3 is 2.57 bits per heavy atom. The van der Waals surface area contributed by atoms with Crippen LogP contribution in [0.25, 0.3) is 5.65 Å². The van der Waals surface area contributed by atoms with E-state index in [2.05, 4.69) is 15.2 Å². The minimum absolute atomic E-state index is 0.111. The van der Waals surface area contributed by atoms with Gasteiger partial charge < -0.3 is 0 Å². The molecule has 1 aliphatic heterocycles. The van der Waals surface area contributed by atoms with Crippen molar-refractivity contribution in [3.8, 4) is 0 Å². The van der Waals surface area contributed by atoms with Gasteiger partial charge >= 0.3 is 6.55 Å². The van der Waals surface area contributed by atoms with E-state index in [0.717, 1.165) is 6.20 Å². The lowest BCUT2D eigenvalue weighted by molar-refractivity contribution is 0.0541. The molecule has 8 nitrogen and oxygen atoms in total. The summed E-state index contributed by atoms with van der Waals surface area (Å²) in [5.74, 6) is -0.583. The quantitative estimate of drug-likeness (QED) is 0.654. The Bertz CT molecular complexity index is 1120. The van der Waals surface area contributed by atoms with E-state index in [1.807, 2.05) is 0 Å². The highest BCUT2D eigenvalue weighted by Gasteiger charge is 2.34. The second kappa shape index (κ2) is 6.85. The molecule has 150 valence electrons. The van der Waals surface area contributed by atoms with Crippen LogP contribution in [0.2, 0.25) is 0 Å². The third-order valence-corrected chi connectivity index (χ3v) is 7.09. The summed E-state index contributed by atoms with van der Waals surface area (Å²) < 4.78 is 68.9. The topological polar surface area (TPSA) is 85.4 Å². The van der Waals surface area contributed by atoms with Crippen molar-refractivity contribution in [3.05, 3.63) is 41.9 Å². The number of pyridine rings is 1. The van der Waals surface area contributed by atoms with Gasteiger partial charge in [0.1, 0.15) is 17.0 Å². The molecule has 0 unspecified atom stereocenters. The lowest BCUT2D eigenvalue weighted by atomic mass is 9.91. The van der Waals surface area contributed by atoms with Gasteiger partial charge in [0.05, 0.1) is 11.9 Å². The molecule has 12 heteroatoms. The first-order chi connectivity index (χ1) is 13.3. The Balaban J connectivity index is 1.54. The average Bonchev–Trinajstić information content (AvgIpc) is 3.27. The number of nitrogens with zero attached hydrogens (tertiary/aromatic N) is 6. The van der Waals surface area contributed by atoms with E-state index in [1.54, 1.807) is 6.20 Å². The molecule has 4 rings (SSSR count). The van der Waals surface area contributed by atoms with Crippen LogP contribution in [0.4, 0.5) is 13.2 Å². The van der Waals surface area contributed by atoms with Crippen molar-refractivity contribution in [3.63, 3.8) is 0 Å². The zero-order valence-electron chi connectivity index (χ0n) is 14.8. The molecule has 0 aliphatic carbocycles. The Hall–Kier alpha value is -2.47. The molecule has 3 aromatic rings. The molecule has 3 aromatic heterocycles. The number of hydrogen-bond acceptors (Lipinski definition) is 5. The normalized spacial score (nSPS) is 17.0. The number of fused-ring (bicyclic) bond motifs is 1. The average molecular weight is 414 g/mol. The zero-order valence-corrected chi connectivity index (χ0v) is 15.7. The molecule has 4 heterocycles. The Kier molecular flexibility index (Phi) is 4.62. The predicted octanol–water partition coefficient (Wildman–Crippen LogP) is 2.34. The highest BCUT2D eigenvalue weighted by atomic mass is 32.2. The first kappa shape index (κ1) is 18.9. The number of halogens is 3. The fraction of sp³-hybridized carbons (Fsp3) is 0.438. The molecule has 0 amide bonds. The number of aromatic nitrogens is 5. The number of sulfonamides is 1. The second-order valence-electron chi connectivity index (χ2n) is 6.63. The molecule has 0 bridgehead atoms. The van der Waals surface area contributed by atoms with E-state index in [0.29, 0.717) is 28.7 Å². The molecule has 0 saturated carbocycles. The minimum Gasteiger partial charge on any atom is -0.221 e. The zero-order chi connectivity index (χ0) is 20.1. The number of rotatable bonds is 4. The summed E-state index contributed by atoms with van der Waals surface area (Å²) in [7, 11) is -3.95. The molecule has 0 N–H and O–H groups in total. The highest BCUT2D eigenvalue weighted by Crippen LogP contribution is 2.33. The molecule has 0 radical (unpaired) electrons. The molecular formula is C16H17F3N6O2S. The summed E-state index contributed by atoms with van der Waals surface area (Å²) >= 11 is 0. The summed E-state index contributed by atoms with van der Waals surface area (Å²) in [6, 6.07) is 1.30. The van der Waals surface area contributed by atoms with E-state index in [-0.39, 0.29) is 29.6 Å². The molecule has 1 saturated heterocycles. The maximum absolute atomic E-state index is 14.4. The monoisotopic (exact) mass is 414 g/mol. The van der Waals surface area contributed by atoms with Crippen LogP contribution in [0.3, 0.4) is 0 Å². The Morgan fingerprint density at radius 2 is 1.93 bits per heavy atom. The smallest absolute Gasteiger partial charge is 0.221 e. The van der Waals surface area contributed by atoms with Crippen molar-refractivity contribution in [2.45, 2.75) is 37.1 Å². The predicted molar refractivity (Wildman–Crippen MR) is 91.9 cm³/mol. The number of alkyl halides is 2. The highest BCUT2D eigenvalue weighted by molar-refractivity contribution is 7.89. The van der Waals surface area contributed by atoms with Crippen LogP contribution in [0, 0.1) is 12.7 Å². The van der Waals surface area contributed by atoms with Crippen LogP contribution in [0.15, 0.2) is 29.7 Å². The van der Waals surface area contributed by atoms with E-state index < -0.39 is 22.4 Å². The van der Waals surface area contributed by atoms with E-state index in [1.165, 1.54) is 28.1 Å². The number of hydrogen-bond donors (Lipinski definition) is 0. The van der Waals surface area contributed by atoms with Gasteiger partial charge in [0.15, 0.2) is 5.65 Å². The molecule has 0 aromatic carbocycles. The summed E-state index contributed by atoms with van der Waals surface area (Å²) in [4.78, 5) is 3.69. The fourth-order valence-corrected chi connectivity index (χ4v) is 5.17. The molecule has 0 atom stereocenters. The third-order valence-electron chi connectivity index (χ3n) is 5.09. The van der Waals surface area contributed by atoms with Crippen LogP contribution in [0.5, 0.6) is 0 Å². The van der Waals surface area contributed by atoms with Crippen molar-refractivity contribution in [2.24, 2.45) is 0 Å². The largest absolute Gasteiger partial charge is 0.333 e. The second-order valence-corrected chi connectivity index (χ2v) is 8.54. The van der Waals surface area contributed by atoms with Gasteiger partial charge in [-0.2, -0.15) is 23.3 Å². The van der Waals surface area contributed by atoms with Crippen molar-refractivity contribution in [1.82, 2.24) is 28.7 Å². The van der Waals surface area contributed by atoms with Gasteiger partial charge in [-0.1, -0.05) is 0 Å². The summed E-state index contributed by atoms with van der Waals surface area (Å²) in [5.41, 5.74) is 0.740. The lowest BCUT2D eigenvalue weighted by Crippen LogP contribution is -2.38. The Morgan fingerprint density at radius 1 is 1.21 bits per heavy atom. The van der Waals surface area contributed by atoms with E-state index in [4.69, 9.17) is 0 Å². The van der Waals surface area contributed by atoms with Gasteiger partial charge in [-0.15, -0.1) is 0 Å². The Labute approximate surface area is 158 Å². The van der Waals surface area contributed by atoms with E-state index in [9.17, 15) is 21.6 Å². The summed E-state index contributed by atoms with van der Waals surface area (Å²) in [6.45, 7) is -1.31. The van der Waals surface area contributed by atoms with Crippen LogP contribution in [-0.4, -0.2) is 50.2 Å². The SMILES string of the molecule is Cc1c(S(=O)(=O)N2CCC(c3cn4ncnc4cc3F)CC2)cnn1C(F)F. The molecule has 0 spiro atoms. The van der Waals surface area contributed by atoms with Crippen LogP contribution < -0.4 is 0 Å². The first-order valence-corrected chi connectivity index (χ1v) is 10.0. The van der Waals surface area contributed by atoms with Crippen molar-refractivity contribution in [2.75, 3.05) is 13.1 Å². The van der Waals surface area contributed by atoms with Gasteiger partial charge in [-0.05, 0) is 25.7 Å². The van der Waals surface area contributed by atoms with Gasteiger partial charge in [0.2, 0.25) is 10.0 Å². The van der Waals surface area contributed by atoms with Crippen molar-refractivity contribution < 1.29 is 21.6 Å². The van der Waals surface area contributed by atoms with Crippen LogP contribution in [0.1, 0.15) is 36.6 Å². The standard InChI is InChI=1S/C16H17F3N6O2S/c1-10-14(7-21-25(10)16(18)19)28(26,27)23-4-2-11(3-5-23)12-8-24-15(6-13(12)17)20-9-22-24/h6-9,11,16H,2-5H2,1H3. The third kappa shape index (κ3) is 3.05. The van der Waals surface area contributed by atoms with E-state index >= 15 is 0 Å². The molecular weight excluding hydrogens is 397 g/mol. The molecule has 28 heavy (non-hydrogen) atoms. The van der Waals surface area contributed by atoms with Crippen molar-refractivity contribution >= 4 is 15.7 Å². The molecule has 1 aliphatic rings. The molecule has 1 fully saturated rings. The summed E-state index contributed by atoms with van der Waals surface area (Å²) in [5, 5.41) is 7.47. The van der Waals surface area contributed by atoms with Gasteiger partial charge in [0, 0.05) is 30.9 Å². The van der Waals surface area contributed by atoms with Gasteiger partial charge in [-0.25, -0.2) is 27.0 Å². The van der Waals surface area contributed by atoms with Crippen LogP contribution >= 0.6 is 0 Å². The lowest BCUT2D eigenvalue weighted by Gasteiger charge is -2.31. The van der Waals surface area contributed by atoms with Crippen molar-refractivity contribution in [1.29, 1.82) is 0 Å². The van der Waals surface area contributed by atoms with Gasteiger partial charge in [-0.3, -0.25) is 0 Å². The maximum Gasteiger partial charge on any atom is 0.333 e. The fourth-order valence-electron chi connectivity index (χ4n) is 3.56. The first-order valence-electron chi connectivity index (χ1n) is 8.60. The minimum atomic E-state index is -3.95. The van der Waals surface area contributed by atoms with Gasteiger partial charge in [0.25, 0.3) is 0 Å². The number of piperidine rings is 1. The summed E-state index contributed by atoms with van der Waals surface area (Å²) in [6.07, 6.45) is 4.65. The van der Waals surface area contributed by atoms with Crippen LogP contribution in [-0.2, 0) is 10.0 Å². The maximum atomic E-state index is 14.4.